The molecule has 0 heterocycles. The Bertz CT molecular complexity index is 1090. The van der Waals surface area contributed by atoms with E-state index in [0.717, 1.165) is 7.05 Å². The highest BCUT2D eigenvalue weighted by Crippen LogP contribution is 2.29. The van der Waals surface area contributed by atoms with Crippen molar-refractivity contribution in [3.05, 3.63) is 65.0 Å². The Kier molecular flexibility index (Phi) is 8.20. The van der Waals surface area contributed by atoms with Crippen molar-refractivity contribution < 1.29 is 44.6 Å². The summed E-state index contributed by atoms with van der Waals surface area (Å²) in [5.74, 6) is -13.6. The summed E-state index contributed by atoms with van der Waals surface area (Å²) in [6.07, 6.45) is 0. The maximum absolute atomic E-state index is 14.2. The number of carbonyl (C=O) groups is 1. The van der Waals surface area contributed by atoms with Gasteiger partial charge < -0.3 is 9.47 Å². The Labute approximate surface area is 188 Å². The predicted octanol–water partition coefficient (Wildman–Crippen LogP) is 3.93. The molecule has 0 bridgehead atoms. The van der Waals surface area contributed by atoms with E-state index in [-0.39, 0.29) is 10.9 Å². The minimum Gasteiger partial charge on any atom is -0.459 e. The standard InChI is InChI=1S/C21H22F5NO5S/c1-21(2,3)32-20(28)13(11-31-10-12-8-6-5-7-9-12)27(4)33(29,30)19-17(25)15(23)14(22)16(24)18(19)26/h5-9,13H,10-11H2,1-4H3/t13-/m0/s1. The van der Waals surface area contributed by atoms with Gasteiger partial charge in [-0.3, -0.25) is 4.79 Å². The molecule has 0 aliphatic rings. The molecule has 0 fully saturated rings. The second kappa shape index (κ2) is 10.1. The Balaban J connectivity index is 2.44. The molecule has 0 N–H and O–H groups in total. The van der Waals surface area contributed by atoms with Gasteiger partial charge in [0.2, 0.25) is 15.8 Å². The van der Waals surface area contributed by atoms with Gasteiger partial charge in [-0.05, 0) is 26.3 Å². The second-order valence-corrected chi connectivity index (χ2v) is 9.90. The predicted molar refractivity (Wildman–Crippen MR) is 107 cm³/mol. The van der Waals surface area contributed by atoms with Crippen LogP contribution in [0.1, 0.15) is 26.3 Å². The summed E-state index contributed by atoms with van der Waals surface area (Å²) in [6.45, 7) is 3.79. The molecule has 0 aromatic heterocycles. The van der Waals surface area contributed by atoms with E-state index >= 15 is 0 Å². The molecule has 0 aliphatic heterocycles. The van der Waals surface area contributed by atoms with Crippen LogP contribution in [0.5, 0.6) is 0 Å². The summed E-state index contributed by atoms with van der Waals surface area (Å²) < 4.78 is 105. The van der Waals surface area contributed by atoms with E-state index in [4.69, 9.17) is 9.47 Å². The number of halogens is 5. The Morgan fingerprint density at radius 3 is 1.91 bits per heavy atom. The lowest BCUT2D eigenvalue weighted by molar-refractivity contribution is -0.161. The molecule has 182 valence electrons. The fourth-order valence-electron chi connectivity index (χ4n) is 2.68. The van der Waals surface area contributed by atoms with E-state index in [0.29, 0.717) is 5.56 Å². The monoisotopic (exact) mass is 495 g/mol. The van der Waals surface area contributed by atoms with Gasteiger partial charge in [0, 0.05) is 7.05 Å². The Hall–Kier alpha value is -2.57. The maximum Gasteiger partial charge on any atom is 0.327 e. The SMILES string of the molecule is CN([C@@H](COCc1ccccc1)C(=O)OC(C)(C)C)S(=O)(=O)c1c(F)c(F)c(F)c(F)c1F. The summed E-state index contributed by atoms with van der Waals surface area (Å²) in [5.41, 5.74) is -0.407. The summed E-state index contributed by atoms with van der Waals surface area (Å²) in [5, 5.41) is 0. The molecule has 0 amide bonds. The third kappa shape index (κ3) is 6.06. The molecule has 0 saturated heterocycles. The van der Waals surface area contributed by atoms with Crippen LogP contribution in [0.3, 0.4) is 0 Å². The first-order chi connectivity index (χ1) is 15.2. The first-order valence-electron chi connectivity index (χ1n) is 9.52. The van der Waals surface area contributed by atoms with Crippen molar-refractivity contribution in [2.75, 3.05) is 13.7 Å². The van der Waals surface area contributed by atoms with E-state index in [1.54, 1.807) is 30.3 Å². The van der Waals surface area contributed by atoms with Crippen molar-refractivity contribution in [1.82, 2.24) is 4.31 Å². The summed E-state index contributed by atoms with van der Waals surface area (Å²) in [6, 6.07) is 6.76. The highest BCUT2D eigenvalue weighted by molar-refractivity contribution is 7.89. The molecule has 0 unspecified atom stereocenters. The number of carbonyl (C=O) groups excluding carboxylic acids is 1. The average Bonchev–Trinajstić information content (AvgIpc) is 2.73. The molecule has 12 heteroatoms. The molecule has 0 saturated carbocycles. The number of benzene rings is 2. The number of hydrogen-bond donors (Lipinski definition) is 0. The molecule has 2 aromatic rings. The number of likely N-dealkylation sites (N-methyl/N-ethyl adjacent to an activating group) is 1. The minimum atomic E-state index is -5.40. The Morgan fingerprint density at radius 2 is 1.42 bits per heavy atom. The highest BCUT2D eigenvalue weighted by atomic mass is 32.2. The molecule has 0 aliphatic carbocycles. The van der Waals surface area contributed by atoms with E-state index < -0.39 is 68.2 Å². The van der Waals surface area contributed by atoms with E-state index in [1.807, 2.05) is 0 Å². The molecule has 1 atom stereocenters. The van der Waals surface area contributed by atoms with Gasteiger partial charge in [-0.2, -0.15) is 4.31 Å². The first-order valence-corrected chi connectivity index (χ1v) is 11.0. The summed E-state index contributed by atoms with van der Waals surface area (Å²) in [4.78, 5) is 10.6. The van der Waals surface area contributed by atoms with Crippen LogP contribution in [0.15, 0.2) is 35.2 Å². The topological polar surface area (TPSA) is 72.9 Å². The quantitative estimate of drug-likeness (QED) is 0.240. The Morgan fingerprint density at radius 1 is 0.939 bits per heavy atom. The van der Waals surface area contributed by atoms with Gasteiger partial charge >= 0.3 is 5.97 Å². The van der Waals surface area contributed by atoms with Gasteiger partial charge in [-0.25, -0.2) is 30.4 Å². The highest BCUT2D eigenvalue weighted by Gasteiger charge is 2.41. The molecule has 0 radical (unpaired) electrons. The van der Waals surface area contributed by atoms with Gasteiger partial charge in [0.25, 0.3) is 0 Å². The number of sulfonamides is 1. The van der Waals surface area contributed by atoms with Crippen molar-refractivity contribution in [1.29, 1.82) is 0 Å². The summed E-state index contributed by atoms with van der Waals surface area (Å²) in [7, 11) is -4.66. The van der Waals surface area contributed by atoms with Gasteiger partial charge in [-0.1, -0.05) is 30.3 Å². The average molecular weight is 495 g/mol. The van der Waals surface area contributed by atoms with E-state index in [1.165, 1.54) is 20.8 Å². The smallest absolute Gasteiger partial charge is 0.327 e. The van der Waals surface area contributed by atoms with Crippen LogP contribution in [0.4, 0.5) is 22.0 Å². The fourth-order valence-corrected chi connectivity index (χ4v) is 4.08. The molecular weight excluding hydrogens is 473 g/mol. The lowest BCUT2D eigenvalue weighted by Crippen LogP contribution is -2.48. The van der Waals surface area contributed by atoms with Crippen LogP contribution in [0, 0.1) is 29.1 Å². The zero-order valence-electron chi connectivity index (χ0n) is 18.2. The third-order valence-corrected chi connectivity index (χ3v) is 6.20. The molecule has 33 heavy (non-hydrogen) atoms. The number of esters is 1. The van der Waals surface area contributed by atoms with Crippen LogP contribution in [0.2, 0.25) is 0 Å². The van der Waals surface area contributed by atoms with Gasteiger partial charge in [0.05, 0.1) is 13.2 Å². The first kappa shape index (κ1) is 26.7. The van der Waals surface area contributed by atoms with Crippen molar-refractivity contribution in [3.8, 4) is 0 Å². The number of hydrogen-bond acceptors (Lipinski definition) is 5. The minimum absolute atomic E-state index is 0.0590. The lowest BCUT2D eigenvalue weighted by atomic mass is 10.2. The van der Waals surface area contributed by atoms with Crippen LogP contribution < -0.4 is 0 Å². The fraction of sp³-hybridized carbons (Fsp3) is 0.381. The van der Waals surface area contributed by atoms with Crippen LogP contribution in [-0.2, 0) is 30.9 Å². The van der Waals surface area contributed by atoms with Gasteiger partial charge in [-0.15, -0.1) is 0 Å². The number of nitrogens with zero attached hydrogens (tertiary/aromatic N) is 1. The normalized spacial score (nSPS) is 13.3. The molecule has 6 nitrogen and oxygen atoms in total. The van der Waals surface area contributed by atoms with Crippen molar-refractivity contribution >= 4 is 16.0 Å². The molecule has 2 rings (SSSR count). The number of rotatable bonds is 8. The van der Waals surface area contributed by atoms with Crippen molar-refractivity contribution in [2.24, 2.45) is 0 Å². The van der Waals surface area contributed by atoms with Crippen molar-refractivity contribution in [2.45, 2.75) is 43.9 Å². The zero-order chi connectivity index (χ0) is 25.1. The zero-order valence-corrected chi connectivity index (χ0v) is 19.0. The van der Waals surface area contributed by atoms with Gasteiger partial charge in [0.1, 0.15) is 11.6 Å². The van der Waals surface area contributed by atoms with Crippen LogP contribution in [0.25, 0.3) is 0 Å². The van der Waals surface area contributed by atoms with E-state index in [2.05, 4.69) is 0 Å². The van der Waals surface area contributed by atoms with Crippen LogP contribution in [-0.4, -0.2) is 44.0 Å². The maximum atomic E-state index is 14.2. The van der Waals surface area contributed by atoms with Crippen molar-refractivity contribution in [3.63, 3.8) is 0 Å². The van der Waals surface area contributed by atoms with E-state index in [9.17, 15) is 35.2 Å². The van der Waals surface area contributed by atoms with Gasteiger partial charge in [0.15, 0.2) is 28.2 Å². The lowest BCUT2D eigenvalue weighted by Gasteiger charge is -2.29. The largest absolute Gasteiger partial charge is 0.459 e. The van der Waals surface area contributed by atoms with Crippen LogP contribution >= 0.6 is 0 Å². The molecule has 2 aromatic carbocycles. The molecule has 0 spiro atoms. The summed E-state index contributed by atoms with van der Waals surface area (Å²) >= 11 is 0. The third-order valence-electron chi connectivity index (χ3n) is 4.31. The molecular formula is C21H22F5NO5S. The second-order valence-electron chi connectivity index (χ2n) is 7.97. The number of ether oxygens (including phenoxy) is 2.